The van der Waals surface area contributed by atoms with Gasteiger partial charge in [-0.1, -0.05) is 0 Å². The lowest BCUT2D eigenvalue weighted by Gasteiger charge is -2.27. The van der Waals surface area contributed by atoms with Crippen LogP contribution in [0.4, 0.5) is 5.69 Å². The monoisotopic (exact) mass is 205 g/mol. The van der Waals surface area contributed by atoms with Crippen LogP contribution in [0.1, 0.15) is 24.1 Å². The lowest BCUT2D eigenvalue weighted by molar-refractivity contribution is 0.675. The van der Waals surface area contributed by atoms with Crippen molar-refractivity contribution in [1.29, 1.82) is 0 Å². The lowest BCUT2D eigenvalue weighted by atomic mass is 10.1. The first-order chi connectivity index (χ1) is 7.24. The Balaban J connectivity index is 2.32. The summed E-state index contributed by atoms with van der Waals surface area (Å²) in [5.74, 6) is 0. The van der Waals surface area contributed by atoms with Crippen molar-refractivity contribution in [3.05, 3.63) is 23.5 Å². The third-order valence-corrected chi connectivity index (χ3v) is 3.39. The molecule has 0 saturated carbocycles. The normalized spacial score (nSPS) is 21.0. The summed E-state index contributed by atoms with van der Waals surface area (Å²) >= 11 is 0. The molecule has 1 fully saturated rings. The van der Waals surface area contributed by atoms with Gasteiger partial charge in [0.2, 0.25) is 0 Å². The largest absolute Gasteiger partial charge is 0.367 e. The minimum atomic E-state index is 0.519. The predicted molar refractivity (Wildman–Crippen MR) is 63.1 cm³/mol. The Bertz CT molecular complexity index is 349. The first-order valence-corrected chi connectivity index (χ1v) is 5.63. The Morgan fingerprint density at radius 2 is 2.33 bits per heavy atom. The van der Waals surface area contributed by atoms with Crippen LogP contribution in [0.15, 0.2) is 12.3 Å². The average Bonchev–Trinajstić information content (AvgIpc) is 2.70. The van der Waals surface area contributed by atoms with Gasteiger partial charge in [-0.15, -0.1) is 0 Å². The van der Waals surface area contributed by atoms with E-state index in [1.54, 1.807) is 0 Å². The minimum absolute atomic E-state index is 0.519. The van der Waals surface area contributed by atoms with Crippen molar-refractivity contribution in [1.82, 2.24) is 4.98 Å². The molecule has 1 aliphatic rings. The number of pyridine rings is 1. The van der Waals surface area contributed by atoms with E-state index in [-0.39, 0.29) is 0 Å². The third kappa shape index (κ3) is 1.84. The van der Waals surface area contributed by atoms with Crippen LogP contribution in [0.5, 0.6) is 0 Å². The number of hydrogen-bond acceptors (Lipinski definition) is 3. The quantitative estimate of drug-likeness (QED) is 0.798. The average molecular weight is 205 g/mol. The molecule has 1 saturated heterocycles. The molecule has 0 bridgehead atoms. The molecule has 15 heavy (non-hydrogen) atoms. The van der Waals surface area contributed by atoms with E-state index in [0.29, 0.717) is 6.04 Å². The molecule has 2 heterocycles. The van der Waals surface area contributed by atoms with Gasteiger partial charge in [0.15, 0.2) is 0 Å². The van der Waals surface area contributed by atoms with Crippen LogP contribution in [0.2, 0.25) is 0 Å². The molecule has 1 unspecified atom stereocenters. The minimum Gasteiger partial charge on any atom is -0.367 e. The summed E-state index contributed by atoms with van der Waals surface area (Å²) in [6.45, 7) is 6.09. The molecule has 82 valence electrons. The van der Waals surface area contributed by atoms with E-state index < -0.39 is 0 Å². The zero-order valence-corrected chi connectivity index (χ0v) is 9.53. The second-order valence-electron chi connectivity index (χ2n) is 4.27. The third-order valence-electron chi connectivity index (χ3n) is 3.39. The van der Waals surface area contributed by atoms with E-state index in [2.05, 4.69) is 29.8 Å². The van der Waals surface area contributed by atoms with Gasteiger partial charge in [-0.2, -0.15) is 0 Å². The van der Waals surface area contributed by atoms with E-state index in [0.717, 1.165) is 18.8 Å². The van der Waals surface area contributed by atoms with Gasteiger partial charge in [0, 0.05) is 36.7 Å². The zero-order valence-electron chi connectivity index (χ0n) is 9.53. The van der Waals surface area contributed by atoms with Gasteiger partial charge >= 0.3 is 0 Å². The zero-order chi connectivity index (χ0) is 10.8. The number of aryl methyl sites for hydroxylation is 1. The molecule has 2 N–H and O–H groups in total. The van der Waals surface area contributed by atoms with Gasteiger partial charge in [0.25, 0.3) is 0 Å². The van der Waals surface area contributed by atoms with E-state index in [1.165, 1.54) is 24.1 Å². The van der Waals surface area contributed by atoms with E-state index in [1.807, 2.05) is 6.20 Å². The fourth-order valence-electron chi connectivity index (χ4n) is 2.34. The Kier molecular flexibility index (Phi) is 2.91. The molecule has 0 radical (unpaired) electrons. The first kappa shape index (κ1) is 10.4. The molecule has 3 nitrogen and oxygen atoms in total. The van der Waals surface area contributed by atoms with Crippen LogP contribution in [-0.2, 0) is 0 Å². The summed E-state index contributed by atoms with van der Waals surface area (Å²) in [6.07, 6.45) is 4.36. The molecule has 1 atom stereocenters. The highest BCUT2D eigenvalue weighted by Crippen LogP contribution is 2.28. The molecule has 0 aromatic carbocycles. The Morgan fingerprint density at radius 3 is 3.07 bits per heavy atom. The summed E-state index contributed by atoms with van der Waals surface area (Å²) < 4.78 is 0. The number of rotatable bonds is 2. The van der Waals surface area contributed by atoms with Crippen LogP contribution < -0.4 is 10.6 Å². The molecular formula is C12H19N3. The van der Waals surface area contributed by atoms with Gasteiger partial charge in [-0.05, 0) is 38.3 Å². The number of anilines is 1. The maximum absolute atomic E-state index is 5.79. The van der Waals surface area contributed by atoms with Crippen LogP contribution in [-0.4, -0.2) is 24.1 Å². The fraction of sp³-hybridized carbons (Fsp3) is 0.583. The highest BCUT2D eigenvalue weighted by molar-refractivity contribution is 5.55. The van der Waals surface area contributed by atoms with Crippen molar-refractivity contribution < 1.29 is 0 Å². The van der Waals surface area contributed by atoms with Crippen LogP contribution >= 0.6 is 0 Å². The van der Waals surface area contributed by atoms with Gasteiger partial charge in [0.1, 0.15) is 0 Å². The van der Waals surface area contributed by atoms with Gasteiger partial charge in [-0.3, -0.25) is 4.98 Å². The van der Waals surface area contributed by atoms with Gasteiger partial charge in [-0.25, -0.2) is 0 Å². The number of aromatic nitrogens is 1. The predicted octanol–water partition coefficient (Wildman–Crippen LogP) is 1.63. The Hall–Kier alpha value is -1.09. The van der Waals surface area contributed by atoms with Crippen molar-refractivity contribution in [2.45, 2.75) is 32.7 Å². The molecule has 2 rings (SSSR count). The van der Waals surface area contributed by atoms with Crippen molar-refractivity contribution in [2.75, 3.05) is 18.0 Å². The van der Waals surface area contributed by atoms with Gasteiger partial charge < -0.3 is 10.6 Å². The topological polar surface area (TPSA) is 42.2 Å². The number of nitrogens with zero attached hydrogens (tertiary/aromatic N) is 2. The maximum Gasteiger partial charge on any atom is 0.0432 e. The molecule has 1 aromatic rings. The molecule has 0 aliphatic carbocycles. The molecule has 1 aromatic heterocycles. The second-order valence-corrected chi connectivity index (χ2v) is 4.27. The van der Waals surface area contributed by atoms with Crippen molar-refractivity contribution in [2.24, 2.45) is 5.73 Å². The smallest absolute Gasteiger partial charge is 0.0432 e. The van der Waals surface area contributed by atoms with E-state index >= 15 is 0 Å². The molecular weight excluding hydrogens is 186 g/mol. The first-order valence-electron chi connectivity index (χ1n) is 5.63. The van der Waals surface area contributed by atoms with Crippen LogP contribution in [0.25, 0.3) is 0 Å². The summed E-state index contributed by atoms with van der Waals surface area (Å²) in [6, 6.07) is 2.63. The Morgan fingerprint density at radius 1 is 1.53 bits per heavy atom. The standard InChI is InChI=1S/C12H19N3/c1-9-10(2)14-6-5-12(9)15-7-3-4-11(15)8-13/h5-6,11H,3-4,7-8,13H2,1-2H3. The molecule has 1 aliphatic heterocycles. The summed E-state index contributed by atoms with van der Waals surface area (Å²) in [7, 11) is 0. The SMILES string of the molecule is Cc1nccc(N2CCCC2CN)c1C. The van der Waals surface area contributed by atoms with E-state index in [4.69, 9.17) is 5.73 Å². The highest BCUT2D eigenvalue weighted by Gasteiger charge is 2.24. The maximum atomic E-state index is 5.79. The summed E-state index contributed by atoms with van der Waals surface area (Å²) in [5, 5.41) is 0. The summed E-state index contributed by atoms with van der Waals surface area (Å²) in [4.78, 5) is 6.74. The highest BCUT2D eigenvalue weighted by atomic mass is 15.2. The van der Waals surface area contributed by atoms with Crippen molar-refractivity contribution >= 4 is 5.69 Å². The van der Waals surface area contributed by atoms with Gasteiger partial charge in [0.05, 0.1) is 0 Å². The van der Waals surface area contributed by atoms with E-state index in [9.17, 15) is 0 Å². The second kappa shape index (κ2) is 4.19. The van der Waals surface area contributed by atoms with Crippen molar-refractivity contribution in [3.63, 3.8) is 0 Å². The lowest BCUT2D eigenvalue weighted by Crippen LogP contribution is -2.35. The fourth-order valence-corrected chi connectivity index (χ4v) is 2.34. The number of hydrogen-bond donors (Lipinski definition) is 1. The van der Waals surface area contributed by atoms with Crippen LogP contribution in [0, 0.1) is 13.8 Å². The number of nitrogens with two attached hydrogens (primary N) is 1. The van der Waals surface area contributed by atoms with Crippen molar-refractivity contribution in [3.8, 4) is 0 Å². The Labute approximate surface area is 91.3 Å². The summed E-state index contributed by atoms with van der Waals surface area (Å²) in [5.41, 5.74) is 9.52. The molecule has 3 heteroatoms. The van der Waals surface area contributed by atoms with Crippen LogP contribution in [0.3, 0.4) is 0 Å². The molecule has 0 spiro atoms. The molecule has 0 amide bonds.